The third kappa shape index (κ3) is 8.84. The molecule has 15 nitrogen and oxygen atoms in total. The molecule has 53 heavy (non-hydrogen) atoms. The predicted molar refractivity (Wildman–Crippen MR) is 174 cm³/mol. The number of urea groups is 1. The molecule has 2 saturated heterocycles. The molecule has 4 heterocycles. The standard InChI is InChI=1S/C30H32ClF6N9O4.CH2O2/c1-44-20(17-13-46(22-9-29(22,33)34)43-23(17)30(35,36)37)11-39-24(44)25(48)41-15-2-3-16(18(31)8-15)26(49)45-6-4-28(32,5-7-45)14-40-27(50)42-19-10-38-12-21(19)47;2-1-3/h2-3,8,11,13,19,21-22,38,47H,4-7,9-10,12,14H2,1H3,(H,41,48)(H2,40,42,50);1H,(H,2,3)/t19-,21-,22?;/m0./s1. The number of amides is 4. The first-order valence-corrected chi connectivity index (χ1v) is 16.4. The summed E-state index contributed by atoms with van der Waals surface area (Å²) in [4.78, 5) is 52.2. The number of carbonyl (C=O) groups excluding carboxylic acids is 3. The fraction of sp³-hybridized carbons (Fsp3) is 0.484. The van der Waals surface area contributed by atoms with Crippen molar-refractivity contribution in [2.45, 2.75) is 55.2 Å². The molecular formula is C31H34ClF6N9O6. The van der Waals surface area contributed by atoms with E-state index in [2.05, 4.69) is 31.3 Å². The molecule has 6 rings (SSSR count). The number of anilines is 1. The fourth-order valence-corrected chi connectivity index (χ4v) is 6.25. The summed E-state index contributed by atoms with van der Waals surface area (Å²) in [5.41, 5.74) is -3.66. The Balaban J connectivity index is 0.00000175. The lowest BCUT2D eigenvalue weighted by Crippen LogP contribution is -2.53. The summed E-state index contributed by atoms with van der Waals surface area (Å²) in [6, 6.07) is 1.44. The van der Waals surface area contributed by atoms with Crippen LogP contribution in [0.4, 0.5) is 36.8 Å². The summed E-state index contributed by atoms with van der Waals surface area (Å²) in [7, 11) is 1.28. The molecule has 1 aromatic carbocycles. The molecule has 0 radical (unpaired) electrons. The van der Waals surface area contributed by atoms with Gasteiger partial charge in [0, 0.05) is 64.4 Å². The quantitative estimate of drug-likeness (QED) is 0.147. The van der Waals surface area contributed by atoms with Crippen molar-refractivity contribution in [1.29, 1.82) is 0 Å². The first kappa shape index (κ1) is 39.3. The van der Waals surface area contributed by atoms with E-state index in [9.17, 15) is 41.4 Å². The number of nitrogens with one attached hydrogen (secondary N) is 4. The number of piperidine rings is 1. The summed E-state index contributed by atoms with van der Waals surface area (Å²) in [6.45, 7) is 0.287. The monoisotopic (exact) mass is 777 g/mol. The molecule has 288 valence electrons. The van der Waals surface area contributed by atoms with Crippen LogP contribution in [-0.2, 0) is 18.0 Å². The first-order valence-electron chi connectivity index (χ1n) is 16.0. The van der Waals surface area contributed by atoms with Crippen LogP contribution < -0.4 is 21.3 Å². The number of carboxylic acid groups (broad SMARTS) is 1. The third-order valence-electron chi connectivity index (χ3n) is 9.05. The van der Waals surface area contributed by atoms with Crippen molar-refractivity contribution in [2.75, 3.05) is 38.0 Å². The van der Waals surface area contributed by atoms with Gasteiger partial charge in [0.2, 0.25) is 0 Å². The van der Waals surface area contributed by atoms with E-state index >= 15 is 4.39 Å². The van der Waals surface area contributed by atoms with E-state index in [-0.39, 0.29) is 66.7 Å². The minimum absolute atomic E-state index is 0.0357. The molecule has 2 aliphatic heterocycles. The maximum absolute atomic E-state index is 15.4. The Bertz CT molecular complexity index is 1860. The molecule has 3 atom stereocenters. The normalized spacial score (nSPS) is 21.6. The SMILES string of the molecule is Cn1c(-c2cn(C3CC3(F)F)nc2C(F)(F)F)cnc1C(=O)Nc1ccc(C(=O)N2CCC(F)(CNC(=O)N[C@H]3CNC[C@@H]3O)CC2)c(Cl)c1.O=CO. The molecular weight excluding hydrogens is 744 g/mol. The average Bonchev–Trinajstić information content (AvgIpc) is 3.47. The van der Waals surface area contributed by atoms with Gasteiger partial charge in [-0.25, -0.2) is 22.9 Å². The van der Waals surface area contributed by atoms with Crippen molar-refractivity contribution >= 4 is 41.6 Å². The highest BCUT2D eigenvalue weighted by Gasteiger charge is 2.59. The summed E-state index contributed by atoms with van der Waals surface area (Å²) < 4.78 is 85.5. The number of carbonyl (C=O) groups is 4. The van der Waals surface area contributed by atoms with Gasteiger partial charge in [0.1, 0.15) is 11.7 Å². The number of nitrogens with zero attached hydrogens (tertiary/aromatic N) is 5. The average molecular weight is 778 g/mol. The summed E-state index contributed by atoms with van der Waals surface area (Å²) in [5.74, 6) is -4.80. The Kier molecular flexibility index (Phi) is 11.3. The number of rotatable bonds is 8. The molecule has 2 aromatic heterocycles. The van der Waals surface area contributed by atoms with Crippen molar-refractivity contribution < 1.29 is 55.7 Å². The highest BCUT2D eigenvalue weighted by molar-refractivity contribution is 6.34. The Morgan fingerprint density at radius 1 is 1.15 bits per heavy atom. The van der Waals surface area contributed by atoms with E-state index in [0.29, 0.717) is 17.8 Å². The topological polar surface area (TPSA) is 196 Å². The first-order chi connectivity index (χ1) is 24.9. The third-order valence-corrected chi connectivity index (χ3v) is 9.36. The van der Waals surface area contributed by atoms with Crippen LogP contribution in [0.15, 0.2) is 30.6 Å². The molecule has 4 amide bonds. The van der Waals surface area contributed by atoms with Crippen molar-refractivity contribution in [2.24, 2.45) is 7.05 Å². The number of halogens is 7. The van der Waals surface area contributed by atoms with E-state index in [1.807, 2.05) is 0 Å². The Morgan fingerprint density at radius 2 is 1.81 bits per heavy atom. The minimum atomic E-state index is -4.97. The van der Waals surface area contributed by atoms with Gasteiger partial charge in [0.15, 0.2) is 11.5 Å². The lowest BCUT2D eigenvalue weighted by atomic mass is 9.93. The second kappa shape index (κ2) is 15.2. The zero-order valence-corrected chi connectivity index (χ0v) is 28.5. The summed E-state index contributed by atoms with van der Waals surface area (Å²) in [5, 5.41) is 30.5. The number of benzene rings is 1. The van der Waals surface area contributed by atoms with Crippen molar-refractivity contribution in [3.63, 3.8) is 0 Å². The summed E-state index contributed by atoms with van der Waals surface area (Å²) in [6.07, 6.45) is -4.60. The van der Waals surface area contributed by atoms with Crippen molar-refractivity contribution in [3.05, 3.63) is 52.7 Å². The number of imidazole rings is 1. The van der Waals surface area contributed by atoms with Gasteiger partial charge in [-0.3, -0.25) is 19.1 Å². The van der Waals surface area contributed by atoms with Gasteiger partial charge in [-0.05, 0) is 18.2 Å². The van der Waals surface area contributed by atoms with Crippen LogP contribution in [-0.4, -0.2) is 115 Å². The lowest BCUT2D eigenvalue weighted by molar-refractivity contribution is -0.141. The van der Waals surface area contributed by atoms with Crippen LogP contribution in [0.5, 0.6) is 0 Å². The molecule has 3 aromatic rings. The van der Waals surface area contributed by atoms with Crippen LogP contribution in [0.25, 0.3) is 11.3 Å². The van der Waals surface area contributed by atoms with E-state index in [1.54, 1.807) is 0 Å². The highest BCUT2D eigenvalue weighted by atomic mass is 35.5. The minimum Gasteiger partial charge on any atom is -0.483 e. The van der Waals surface area contributed by atoms with Crippen LogP contribution in [0.2, 0.25) is 5.02 Å². The van der Waals surface area contributed by atoms with Crippen LogP contribution in [0.1, 0.15) is 52.0 Å². The number of hydrogen-bond acceptors (Lipinski definition) is 8. The van der Waals surface area contributed by atoms with Crippen LogP contribution in [0.3, 0.4) is 0 Å². The molecule has 22 heteroatoms. The lowest BCUT2D eigenvalue weighted by Gasteiger charge is -2.36. The molecule has 6 N–H and O–H groups in total. The second-order valence-corrected chi connectivity index (χ2v) is 13.1. The van der Waals surface area contributed by atoms with Gasteiger partial charge in [0.05, 0.1) is 46.7 Å². The second-order valence-electron chi connectivity index (χ2n) is 12.7. The van der Waals surface area contributed by atoms with E-state index < -0.39 is 71.5 Å². The molecule has 3 fully saturated rings. The van der Waals surface area contributed by atoms with E-state index in [1.165, 1.54) is 30.1 Å². The fourth-order valence-electron chi connectivity index (χ4n) is 5.99. The van der Waals surface area contributed by atoms with Gasteiger partial charge < -0.3 is 40.9 Å². The molecule has 1 unspecified atom stereocenters. The number of aliphatic hydroxyl groups excluding tert-OH is 1. The number of alkyl halides is 6. The van der Waals surface area contributed by atoms with Gasteiger partial charge in [-0.2, -0.15) is 18.3 Å². The maximum Gasteiger partial charge on any atom is 0.435 e. The number of hydrogen-bond donors (Lipinski definition) is 6. The maximum atomic E-state index is 15.4. The van der Waals surface area contributed by atoms with Gasteiger partial charge in [0.25, 0.3) is 24.2 Å². The van der Waals surface area contributed by atoms with Gasteiger partial charge >= 0.3 is 12.2 Å². The van der Waals surface area contributed by atoms with E-state index in [4.69, 9.17) is 21.5 Å². The zero-order valence-electron chi connectivity index (χ0n) is 27.8. The van der Waals surface area contributed by atoms with Crippen LogP contribution in [0, 0.1) is 0 Å². The molecule has 1 saturated carbocycles. The number of aliphatic hydroxyl groups is 1. The van der Waals surface area contributed by atoms with Gasteiger partial charge in [-0.1, -0.05) is 11.6 Å². The van der Waals surface area contributed by atoms with Crippen molar-refractivity contribution in [3.8, 4) is 11.3 Å². The Labute approximate surface area is 301 Å². The molecule has 1 aliphatic carbocycles. The van der Waals surface area contributed by atoms with E-state index in [0.717, 1.165) is 17.0 Å². The van der Waals surface area contributed by atoms with Gasteiger partial charge in [-0.15, -0.1) is 0 Å². The molecule has 0 bridgehead atoms. The predicted octanol–water partition coefficient (Wildman–Crippen LogP) is 3.07. The summed E-state index contributed by atoms with van der Waals surface area (Å²) >= 11 is 6.38. The molecule has 0 spiro atoms. The smallest absolute Gasteiger partial charge is 0.435 e. The highest BCUT2D eigenvalue weighted by Crippen LogP contribution is 2.53. The largest absolute Gasteiger partial charge is 0.483 e. The number of β-amino-alcohol motifs (C(OH)–C–C–N with tert-alkyl or cyclic N) is 1. The number of aromatic nitrogens is 4. The Morgan fingerprint density at radius 3 is 2.38 bits per heavy atom. The number of likely N-dealkylation sites (tertiary alicyclic amines) is 1. The molecule has 3 aliphatic rings. The Hall–Kier alpha value is -4.89. The van der Waals surface area contributed by atoms with Crippen LogP contribution >= 0.6 is 11.6 Å². The van der Waals surface area contributed by atoms with Crippen molar-refractivity contribution in [1.82, 2.24) is 40.2 Å². The zero-order chi connectivity index (χ0) is 38.9.